The Balaban J connectivity index is 1.61. The minimum absolute atomic E-state index is 0.477. The summed E-state index contributed by atoms with van der Waals surface area (Å²) in [4.78, 5) is 4.36. The summed E-state index contributed by atoms with van der Waals surface area (Å²) in [5.74, 6) is 0.477. The maximum Gasteiger partial charge on any atom is 0.0965 e. The van der Waals surface area contributed by atoms with E-state index in [0.29, 0.717) is 5.92 Å². The second-order valence-corrected chi connectivity index (χ2v) is 6.50. The molecule has 3 aromatic rings. The van der Waals surface area contributed by atoms with E-state index in [1.807, 2.05) is 22.9 Å². The van der Waals surface area contributed by atoms with Crippen molar-refractivity contribution in [2.75, 3.05) is 6.54 Å². The van der Waals surface area contributed by atoms with E-state index in [-0.39, 0.29) is 0 Å². The Bertz CT molecular complexity index is 643. The molecule has 1 N–H and O–H groups in total. The maximum absolute atomic E-state index is 4.36. The van der Waals surface area contributed by atoms with Crippen molar-refractivity contribution < 1.29 is 0 Å². The van der Waals surface area contributed by atoms with Gasteiger partial charge >= 0.3 is 0 Å². The van der Waals surface area contributed by atoms with Crippen LogP contribution in [0, 0.1) is 0 Å². The molecule has 0 saturated heterocycles. The monoisotopic (exact) mass is 288 g/mol. The van der Waals surface area contributed by atoms with Crippen LogP contribution in [0.25, 0.3) is 10.1 Å². The summed E-state index contributed by atoms with van der Waals surface area (Å²) in [5.41, 5.74) is 1.40. The number of thiazole rings is 1. The third kappa shape index (κ3) is 2.86. The van der Waals surface area contributed by atoms with Crippen molar-refractivity contribution in [1.29, 1.82) is 0 Å². The van der Waals surface area contributed by atoms with E-state index in [1.165, 1.54) is 20.7 Å². The molecule has 2 heterocycles. The molecule has 3 rings (SSSR count). The van der Waals surface area contributed by atoms with Crippen LogP contribution in [0.4, 0.5) is 0 Å². The van der Waals surface area contributed by atoms with Crippen LogP contribution in [0.2, 0.25) is 0 Å². The molecule has 1 aromatic carbocycles. The maximum atomic E-state index is 4.36. The van der Waals surface area contributed by atoms with Crippen molar-refractivity contribution >= 4 is 32.8 Å². The molecule has 1 unspecified atom stereocenters. The standard InChI is InChI=1S/C15H16N2S2/c1-11(15-17-6-7-18-15)8-16-9-12-10-19-14-5-3-2-4-13(12)14/h2-7,10-11,16H,8-9H2,1H3. The van der Waals surface area contributed by atoms with E-state index >= 15 is 0 Å². The van der Waals surface area contributed by atoms with Crippen LogP contribution in [-0.4, -0.2) is 11.5 Å². The number of fused-ring (bicyclic) bond motifs is 1. The number of thiophene rings is 1. The highest BCUT2D eigenvalue weighted by Gasteiger charge is 2.08. The minimum atomic E-state index is 0.477. The molecule has 0 aliphatic carbocycles. The zero-order valence-corrected chi connectivity index (χ0v) is 12.4. The first-order valence-corrected chi connectivity index (χ1v) is 8.16. The Morgan fingerprint density at radius 2 is 2.16 bits per heavy atom. The fourth-order valence-electron chi connectivity index (χ4n) is 2.16. The van der Waals surface area contributed by atoms with Crippen molar-refractivity contribution in [3.63, 3.8) is 0 Å². The number of nitrogens with zero attached hydrogens (tertiary/aromatic N) is 1. The van der Waals surface area contributed by atoms with Crippen LogP contribution in [0.15, 0.2) is 41.2 Å². The Labute approximate surface area is 121 Å². The summed E-state index contributed by atoms with van der Waals surface area (Å²) in [6.07, 6.45) is 1.88. The predicted octanol–water partition coefficient (Wildman–Crippen LogP) is 4.25. The van der Waals surface area contributed by atoms with Gasteiger partial charge in [0.25, 0.3) is 0 Å². The van der Waals surface area contributed by atoms with E-state index < -0.39 is 0 Å². The number of nitrogens with one attached hydrogen (secondary N) is 1. The highest BCUT2D eigenvalue weighted by molar-refractivity contribution is 7.17. The number of rotatable bonds is 5. The summed E-state index contributed by atoms with van der Waals surface area (Å²) in [7, 11) is 0. The lowest BCUT2D eigenvalue weighted by molar-refractivity contribution is 0.615. The average molecular weight is 288 g/mol. The molecular formula is C15H16N2S2. The summed E-state index contributed by atoms with van der Waals surface area (Å²) < 4.78 is 1.37. The Kier molecular flexibility index (Phi) is 3.92. The molecular weight excluding hydrogens is 272 g/mol. The highest BCUT2D eigenvalue weighted by atomic mass is 32.1. The quantitative estimate of drug-likeness (QED) is 0.759. The molecule has 0 bridgehead atoms. The minimum Gasteiger partial charge on any atom is -0.312 e. The molecule has 0 saturated carbocycles. The molecule has 2 aromatic heterocycles. The molecule has 0 fully saturated rings. The van der Waals surface area contributed by atoms with Gasteiger partial charge in [0.1, 0.15) is 0 Å². The first-order chi connectivity index (χ1) is 9.34. The highest BCUT2D eigenvalue weighted by Crippen LogP contribution is 2.25. The lowest BCUT2D eigenvalue weighted by Gasteiger charge is -2.09. The smallest absolute Gasteiger partial charge is 0.0965 e. The van der Waals surface area contributed by atoms with Gasteiger partial charge in [0.05, 0.1) is 5.01 Å². The second kappa shape index (κ2) is 5.82. The van der Waals surface area contributed by atoms with Crippen molar-refractivity contribution in [1.82, 2.24) is 10.3 Å². The van der Waals surface area contributed by atoms with Crippen LogP contribution in [-0.2, 0) is 6.54 Å². The van der Waals surface area contributed by atoms with Gasteiger partial charge in [0.2, 0.25) is 0 Å². The zero-order chi connectivity index (χ0) is 13.1. The fraction of sp³-hybridized carbons (Fsp3) is 0.267. The third-order valence-electron chi connectivity index (χ3n) is 3.20. The van der Waals surface area contributed by atoms with Gasteiger partial charge in [-0.15, -0.1) is 22.7 Å². The molecule has 0 radical (unpaired) electrons. The Hall–Kier alpha value is -1.23. The van der Waals surface area contributed by atoms with Gasteiger partial charge < -0.3 is 5.32 Å². The van der Waals surface area contributed by atoms with Gasteiger partial charge in [-0.2, -0.15) is 0 Å². The summed E-state index contributed by atoms with van der Waals surface area (Å²) in [6, 6.07) is 8.59. The molecule has 1 atom stereocenters. The topological polar surface area (TPSA) is 24.9 Å². The third-order valence-corrected chi connectivity index (χ3v) is 5.22. The molecule has 19 heavy (non-hydrogen) atoms. The molecule has 0 spiro atoms. The lowest BCUT2D eigenvalue weighted by Crippen LogP contribution is -2.19. The number of hydrogen-bond donors (Lipinski definition) is 1. The van der Waals surface area contributed by atoms with Crippen molar-refractivity contribution in [3.05, 3.63) is 51.8 Å². The van der Waals surface area contributed by atoms with Crippen LogP contribution >= 0.6 is 22.7 Å². The number of hydrogen-bond acceptors (Lipinski definition) is 4. The van der Waals surface area contributed by atoms with Crippen LogP contribution < -0.4 is 5.32 Å². The van der Waals surface area contributed by atoms with Gasteiger partial charge in [0.15, 0.2) is 0 Å². The average Bonchev–Trinajstić information content (AvgIpc) is 3.08. The predicted molar refractivity (Wildman–Crippen MR) is 84.1 cm³/mol. The number of benzene rings is 1. The Morgan fingerprint density at radius 1 is 1.26 bits per heavy atom. The van der Waals surface area contributed by atoms with Crippen molar-refractivity contribution in [2.24, 2.45) is 0 Å². The molecule has 0 amide bonds. The largest absolute Gasteiger partial charge is 0.312 e. The van der Waals surface area contributed by atoms with E-state index in [0.717, 1.165) is 13.1 Å². The second-order valence-electron chi connectivity index (χ2n) is 4.66. The zero-order valence-electron chi connectivity index (χ0n) is 10.8. The van der Waals surface area contributed by atoms with E-state index in [1.54, 1.807) is 11.3 Å². The van der Waals surface area contributed by atoms with Gasteiger partial charge in [-0.05, 0) is 22.4 Å². The summed E-state index contributed by atoms with van der Waals surface area (Å²) in [6.45, 7) is 4.12. The van der Waals surface area contributed by atoms with Gasteiger partial charge in [0, 0.05) is 35.3 Å². The molecule has 2 nitrogen and oxygen atoms in total. The fourth-order valence-corrected chi connectivity index (χ4v) is 3.82. The van der Waals surface area contributed by atoms with E-state index in [4.69, 9.17) is 0 Å². The van der Waals surface area contributed by atoms with Gasteiger partial charge in [-0.3, -0.25) is 0 Å². The van der Waals surface area contributed by atoms with E-state index in [9.17, 15) is 0 Å². The molecule has 0 aliphatic heterocycles. The van der Waals surface area contributed by atoms with Crippen molar-refractivity contribution in [2.45, 2.75) is 19.4 Å². The lowest BCUT2D eigenvalue weighted by atomic mass is 10.1. The normalized spacial score (nSPS) is 12.9. The van der Waals surface area contributed by atoms with E-state index in [2.05, 4.69) is 46.9 Å². The summed E-state index contributed by atoms with van der Waals surface area (Å²) >= 11 is 3.55. The Morgan fingerprint density at radius 3 is 3.00 bits per heavy atom. The van der Waals surface area contributed by atoms with Crippen LogP contribution in [0.1, 0.15) is 23.4 Å². The first kappa shape index (κ1) is 12.8. The molecule has 0 aliphatic rings. The molecule has 98 valence electrons. The van der Waals surface area contributed by atoms with Crippen LogP contribution in [0.5, 0.6) is 0 Å². The number of aromatic nitrogens is 1. The first-order valence-electron chi connectivity index (χ1n) is 6.40. The SMILES string of the molecule is CC(CNCc1csc2ccccc12)c1nccs1. The molecule has 4 heteroatoms. The van der Waals surface area contributed by atoms with Crippen molar-refractivity contribution in [3.8, 4) is 0 Å². The van der Waals surface area contributed by atoms with Gasteiger partial charge in [-0.25, -0.2) is 4.98 Å². The summed E-state index contributed by atoms with van der Waals surface area (Å²) in [5, 5.41) is 10.4. The van der Waals surface area contributed by atoms with Gasteiger partial charge in [-0.1, -0.05) is 25.1 Å². The van der Waals surface area contributed by atoms with Crippen LogP contribution in [0.3, 0.4) is 0 Å².